The van der Waals surface area contributed by atoms with E-state index >= 15 is 4.39 Å². The highest BCUT2D eigenvalue weighted by molar-refractivity contribution is 7.81. The monoisotopic (exact) mass is 1060 g/mol. The lowest BCUT2D eigenvalue weighted by atomic mass is 9.85. The number of anilines is 2. The van der Waals surface area contributed by atoms with Gasteiger partial charge in [0, 0.05) is 25.3 Å². The Kier molecular flexibility index (Phi) is 16.6. The van der Waals surface area contributed by atoms with Gasteiger partial charge in [-0.05, 0) is 118 Å². The van der Waals surface area contributed by atoms with Gasteiger partial charge in [-0.25, -0.2) is 9.37 Å². The normalized spacial score (nSPS) is 16.1. The molecule has 2 N–H and O–H groups in total. The van der Waals surface area contributed by atoms with E-state index in [0.29, 0.717) is 71.4 Å². The summed E-state index contributed by atoms with van der Waals surface area (Å²) in [5.41, 5.74) is 0.607. The number of likely N-dealkylation sites (tertiary alicyclic amines) is 1. The lowest BCUT2D eigenvalue weighted by molar-refractivity contribution is -0.144. The van der Waals surface area contributed by atoms with Crippen LogP contribution in [0.25, 0.3) is 21.7 Å². The van der Waals surface area contributed by atoms with Crippen molar-refractivity contribution in [3.63, 3.8) is 0 Å². The Balaban J connectivity index is 0.854. The second-order valence-corrected chi connectivity index (χ2v) is 20.8. The lowest BCUT2D eigenvalue weighted by Gasteiger charge is -2.35. The fraction of sp³-hybridized carbons (Fsp3) is 0.385. The van der Waals surface area contributed by atoms with Crippen molar-refractivity contribution in [1.29, 1.82) is 5.26 Å². The highest BCUT2D eigenvalue weighted by Gasteiger charge is 2.52. The van der Waals surface area contributed by atoms with Crippen molar-refractivity contribution >= 4 is 75.3 Å². The number of benzene rings is 3. The topological polar surface area (TPSA) is 170 Å². The van der Waals surface area contributed by atoms with Gasteiger partial charge in [0.1, 0.15) is 35.5 Å². The number of nitrogens with zero attached hydrogens (tertiary/aromatic N) is 6. The molecule has 0 bridgehead atoms. The molecule has 4 heterocycles. The number of unbranched alkanes of at least 4 members (excludes halogenated alkanes) is 1. The maximum atomic E-state index is 15.5. The fourth-order valence-electron chi connectivity index (χ4n) is 8.65. The zero-order valence-electron chi connectivity index (χ0n) is 40.9. The van der Waals surface area contributed by atoms with Crippen molar-refractivity contribution in [2.24, 2.45) is 5.41 Å². The molecule has 5 aromatic rings. The van der Waals surface area contributed by atoms with Gasteiger partial charge in [-0.2, -0.15) is 18.4 Å². The summed E-state index contributed by atoms with van der Waals surface area (Å²) in [6.07, 6.45) is -1.48. The molecule has 0 saturated carbocycles. The van der Waals surface area contributed by atoms with Crippen molar-refractivity contribution < 1.29 is 46.2 Å². The zero-order chi connectivity index (χ0) is 53.0. The Hall–Kier alpha value is -6.53. The summed E-state index contributed by atoms with van der Waals surface area (Å²) in [6.45, 7) is 11.5. The molecule has 0 aliphatic carbocycles. The van der Waals surface area contributed by atoms with E-state index in [1.54, 1.807) is 46.6 Å². The number of thiocarbonyl (C=S) groups is 1. The molecular weight excluding hydrogens is 1010 g/mol. The number of alkyl halides is 3. The van der Waals surface area contributed by atoms with E-state index in [2.05, 4.69) is 20.6 Å². The van der Waals surface area contributed by atoms with E-state index in [9.17, 15) is 37.6 Å². The number of carbonyl (C=O) groups is 4. The minimum absolute atomic E-state index is 0.243. The van der Waals surface area contributed by atoms with Gasteiger partial charge in [0.05, 0.1) is 62.6 Å². The Morgan fingerprint density at radius 2 is 1.73 bits per heavy atom. The fourth-order valence-corrected chi connectivity index (χ4v) is 10.2. The third kappa shape index (κ3) is 12.0. The molecule has 2 saturated heterocycles. The number of thiazole rings is 1. The summed E-state index contributed by atoms with van der Waals surface area (Å²) in [4.78, 5) is 67.6. The maximum Gasteiger partial charge on any atom is 0.420 e. The molecule has 4 amide bonds. The predicted molar refractivity (Wildman–Crippen MR) is 273 cm³/mol. The molecule has 2 unspecified atom stereocenters. The summed E-state index contributed by atoms with van der Waals surface area (Å²) in [5, 5.41) is 15.1. The number of aryl methyl sites for hydroxylation is 1. The second-order valence-electron chi connectivity index (χ2n) is 19.1. The molecule has 0 spiro atoms. The minimum Gasteiger partial charge on any atom is -0.492 e. The number of rotatable bonds is 17. The van der Waals surface area contributed by atoms with Crippen LogP contribution in [0.4, 0.5) is 28.9 Å². The molecule has 14 nitrogen and oxygen atoms in total. The van der Waals surface area contributed by atoms with Crippen LogP contribution in [0.2, 0.25) is 5.02 Å². The van der Waals surface area contributed by atoms with Crippen LogP contribution in [0.3, 0.4) is 0 Å². The first-order valence-corrected chi connectivity index (χ1v) is 25.0. The molecule has 384 valence electrons. The molecule has 3 aromatic carbocycles. The van der Waals surface area contributed by atoms with Gasteiger partial charge in [0.15, 0.2) is 10.9 Å². The van der Waals surface area contributed by atoms with Crippen LogP contribution in [0, 0.1) is 29.5 Å². The Morgan fingerprint density at radius 1 is 1.01 bits per heavy atom. The predicted octanol–water partition coefficient (Wildman–Crippen LogP) is 9.79. The van der Waals surface area contributed by atoms with Crippen LogP contribution < -0.4 is 25.2 Å². The van der Waals surface area contributed by atoms with Crippen molar-refractivity contribution in [2.75, 3.05) is 36.2 Å². The molecule has 2 atom stereocenters. The summed E-state index contributed by atoms with van der Waals surface area (Å²) in [6, 6.07) is 17.8. The Morgan fingerprint density at radius 3 is 2.36 bits per heavy atom. The van der Waals surface area contributed by atoms with Crippen LogP contribution in [0.5, 0.6) is 5.75 Å². The second kappa shape index (κ2) is 22.3. The van der Waals surface area contributed by atoms with E-state index in [1.807, 2.05) is 57.5 Å². The van der Waals surface area contributed by atoms with Crippen LogP contribution in [-0.4, -0.2) is 87.6 Å². The average Bonchev–Trinajstić information content (AvgIpc) is 4.05. The number of hydrogen-bond donors (Lipinski definition) is 2. The van der Waals surface area contributed by atoms with Crippen molar-refractivity contribution in [3.8, 4) is 33.5 Å². The number of aromatic nitrogens is 2. The van der Waals surface area contributed by atoms with Gasteiger partial charge in [-0.3, -0.25) is 29.1 Å². The first kappa shape index (κ1) is 54.2. The van der Waals surface area contributed by atoms with E-state index in [0.717, 1.165) is 33.8 Å². The van der Waals surface area contributed by atoms with Crippen LogP contribution in [-0.2, 0) is 36.6 Å². The van der Waals surface area contributed by atoms with Crippen LogP contribution >= 0.6 is 35.2 Å². The van der Waals surface area contributed by atoms with Crippen molar-refractivity contribution in [1.82, 2.24) is 25.5 Å². The minimum atomic E-state index is -5.21. The molecular formula is C52H53ClF4N8O6S2. The van der Waals surface area contributed by atoms with Crippen molar-refractivity contribution in [2.45, 2.75) is 97.6 Å². The van der Waals surface area contributed by atoms with E-state index in [4.69, 9.17) is 33.3 Å². The number of pyridine rings is 1. The van der Waals surface area contributed by atoms with Gasteiger partial charge in [0.25, 0.3) is 5.91 Å². The first-order valence-electron chi connectivity index (χ1n) is 23.3. The largest absolute Gasteiger partial charge is 0.492 e. The standard InChI is InChI=1S/C52H53ClF4N8O6S2/c1-30-44(73-29-61-30)32-13-11-31(12-14-32)26-60-46(67)39-10-9-21-63(39)47(68)45(50(2,3)4)62-41(66)28-70-22-7-8-23-71-40-20-16-33(24-36(40)53)37-18-17-35(27-59-37)65-49(72)64(48(69)51(65,5)6)38-19-15-34(25-58)42(43(38)54)52(55,56)57/h11-20,24,27,29,39,45H,7-10,21-23,26,28H2,1-6H3,(H,60,67)(H,62,66). The van der Waals surface area contributed by atoms with E-state index < -0.39 is 63.7 Å². The molecule has 0 radical (unpaired) electrons. The molecule has 73 heavy (non-hydrogen) atoms. The van der Waals surface area contributed by atoms with Gasteiger partial charge in [-0.1, -0.05) is 56.6 Å². The number of carbonyl (C=O) groups excluding carboxylic acids is 4. The Labute approximate surface area is 434 Å². The highest BCUT2D eigenvalue weighted by atomic mass is 35.5. The smallest absolute Gasteiger partial charge is 0.420 e. The SMILES string of the molecule is Cc1ncsc1-c1ccc(CNC(=O)C2CCCN2C(=O)C(NC(=O)COCCCCOc2ccc(-c3ccc(N4C(=S)N(c5ccc(C#N)c(C(F)(F)F)c5F)C(=O)C4(C)C)cn3)cc2Cl)C(C)(C)C)cc1. The Bertz CT molecular complexity index is 2940. The van der Waals surface area contributed by atoms with E-state index in [-0.39, 0.29) is 36.7 Å². The third-order valence-corrected chi connectivity index (χ3v) is 14.2. The average molecular weight is 1060 g/mol. The van der Waals surface area contributed by atoms with Crippen LogP contribution in [0.15, 0.2) is 78.4 Å². The molecule has 2 aromatic heterocycles. The summed E-state index contributed by atoms with van der Waals surface area (Å²) in [7, 11) is 0. The van der Waals surface area contributed by atoms with Gasteiger partial charge in [-0.15, -0.1) is 11.3 Å². The third-order valence-electron chi connectivity index (χ3n) is 12.5. The van der Waals surface area contributed by atoms with Crippen LogP contribution in [0.1, 0.15) is 82.7 Å². The summed E-state index contributed by atoms with van der Waals surface area (Å²) in [5.74, 6) is -3.18. The summed E-state index contributed by atoms with van der Waals surface area (Å²) < 4.78 is 68.4. The van der Waals surface area contributed by atoms with Gasteiger partial charge < -0.3 is 29.9 Å². The number of amides is 4. The summed E-state index contributed by atoms with van der Waals surface area (Å²) >= 11 is 13.7. The molecule has 7 rings (SSSR count). The highest BCUT2D eigenvalue weighted by Crippen LogP contribution is 2.42. The quantitative estimate of drug-likeness (QED) is 0.0516. The molecule has 2 aliphatic rings. The number of nitrogens with one attached hydrogen (secondary N) is 2. The number of nitriles is 1. The maximum absolute atomic E-state index is 15.5. The van der Waals surface area contributed by atoms with Crippen molar-refractivity contribution in [3.05, 3.63) is 112 Å². The zero-order valence-corrected chi connectivity index (χ0v) is 43.3. The van der Waals surface area contributed by atoms with Gasteiger partial charge in [0.2, 0.25) is 17.7 Å². The molecule has 2 fully saturated rings. The van der Waals surface area contributed by atoms with E-state index in [1.165, 1.54) is 31.0 Å². The lowest BCUT2D eigenvalue weighted by Crippen LogP contribution is -2.58. The molecule has 21 heteroatoms. The molecule has 2 aliphatic heterocycles. The van der Waals surface area contributed by atoms with Gasteiger partial charge >= 0.3 is 6.18 Å². The number of halogens is 5. The number of hydrogen-bond acceptors (Lipinski definition) is 11. The first-order chi connectivity index (χ1) is 34.5. The number of ether oxygens (including phenoxy) is 2.